The normalized spacial score (nSPS) is 16.8. The lowest BCUT2D eigenvalue weighted by Crippen LogP contribution is -2.41. The van der Waals surface area contributed by atoms with Gasteiger partial charge in [-0.05, 0) is 29.8 Å². The van der Waals surface area contributed by atoms with Gasteiger partial charge in [-0.15, -0.1) is 0 Å². The number of hydrogen-bond donors (Lipinski definition) is 1. The Balaban J connectivity index is 1.60. The molecular weight excluding hydrogens is 373 g/mol. The van der Waals surface area contributed by atoms with Gasteiger partial charge in [0.05, 0.1) is 12.3 Å². The van der Waals surface area contributed by atoms with Crippen molar-refractivity contribution >= 4 is 33.2 Å². The molecule has 1 aliphatic rings. The molecule has 8 heteroatoms. The lowest BCUT2D eigenvalue weighted by molar-refractivity contribution is 0.0943. The van der Waals surface area contributed by atoms with Crippen LogP contribution in [0.15, 0.2) is 42.5 Å². The van der Waals surface area contributed by atoms with Crippen molar-refractivity contribution in [1.82, 2.24) is 4.72 Å². The smallest absolute Gasteiger partial charge is 0.215 e. The van der Waals surface area contributed by atoms with Gasteiger partial charge in [0.1, 0.15) is 12.7 Å². The number of hydrogen-bond acceptors (Lipinski definition) is 4. The van der Waals surface area contributed by atoms with Gasteiger partial charge in [-0.2, -0.15) is 0 Å². The fraction of sp³-hybridized carbons (Fsp3) is 0.250. The van der Waals surface area contributed by atoms with E-state index >= 15 is 0 Å². The fourth-order valence-electron chi connectivity index (χ4n) is 2.28. The number of halogens is 2. The van der Waals surface area contributed by atoms with Gasteiger partial charge in [0.25, 0.3) is 0 Å². The van der Waals surface area contributed by atoms with E-state index in [1.165, 1.54) is 6.07 Å². The number of rotatable bonds is 5. The molecular formula is C16H15Cl2NO4S. The van der Waals surface area contributed by atoms with Gasteiger partial charge in [0, 0.05) is 10.0 Å². The Labute approximate surface area is 150 Å². The predicted octanol–water partition coefficient (Wildman–Crippen LogP) is 3.25. The molecule has 0 spiro atoms. The van der Waals surface area contributed by atoms with Gasteiger partial charge in [0.15, 0.2) is 11.5 Å². The summed E-state index contributed by atoms with van der Waals surface area (Å²) in [5.74, 6) is 1.03. The van der Waals surface area contributed by atoms with E-state index < -0.39 is 16.1 Å². The maximum Gasteiger partial charge on any atom is 0.215 e. The first-order chi connectivity index (χ1) is 11.4. The maximum atomic E-state index is 12.2. The predicted molar refractivity (Wildman–Crippen MR) is 93.4 cm³/mol. The number of sulfonamides is 1. The monoisotopic (exact) mass is 387 g/mol. The van der Waals surface area contributed by atoms with Crippen LogP contribution < -0.4 is 14.2 Å². The molecule has 0 fully saturated rings. The first-order valence-corrected chi connectivity index (χ1v) is 9.63. The highest BCUT2D eigenvalue weighted by atomic mass is 35.5. The summed E-state index contributed by atoms with van der Waals surface area (Å²) in [7, 11) is -3.56. The number of ether oxygens (including phenoxy) is 2. The van der Waals surface area contributed by atoms with Crippen molar-refractivity contribution in [2.75, 3.05) is 13.2 Å². The second-order valence-corrected chi connectivity index (χ2v) is 7.99. The Hall–Kier alpha value is -1.47. The zero-order chi connectivity index (χ0) is 17.2. The van der Waals surface area contributed by atoms with Gasteiger partial charge < -0.3 is 9.47 Å². The van der Waals surface area contributed by atoms with Crippen LogP contribution in [0.25, 0.3) is 0 Å². The van der Waals surface area contributed by atoms with Crippen molar-refractivity contribution in [3.8, 4) is 11.5 Å². The van der Waals surface area contributed by atoms with Gasteiger partial charge in [-0.25, -0.2) is 13.1 Å². The zero-order valence-corrected chi connectivity index (χ0v) is 14.9. The van der Waals surface area contributed by atoms with Crippen molar-refractivity contribution in [2.24, 2.45) is 0 Å². The van der Waals surface area contributed by atoms with Crippen LogP contribution in [0.3, 0.4) is 0 Å². The number of fused-ring (bicyclic) bond motifs is 1. The second-order valence-electron chi connectivity index (χ2n) is 5.34. The molecule has 0 aromatic heterocycles. The summed E-state index contributed by atoms with van der Waals surface area (Å²) in [6.07, 6.45) is -0.393. The molecule has 2 aromatic carbocycles. The largest absolute Gasteiger partial charge is 0.486 e. The van der Waals surface area contributed by atoms with Gasteiger partial charge in [-0.3, -0.25) is 0 Å². The minimum atomic E-state index is -3.56. The van der Waals surface area contributed by atoms with Crippen molar-refractivity contribution in [1.29, 1.82) is 0 Å². The third-order valence-electron chi connectivity index (χ3n) is 3.46. The highest BCUT2D eigenvalue weighted by Gasteiger charge is 2.23. The summed E-state index contributed by atoms with van der Waals surface area (Å²) in [6, 6.07) is 12.0. The molecule has 1 heterocycles. The molecule has 128 valence electrons. The molecule has 24 heavy (non-hydrogen) atoms. The molecule has 0 bridgehead atoms. The van der Waals surface area contributed by atoms with Crippen molar-refractivity contribution < 1.29 is 17.9 Å². The molecule has 1 atom stereocenters. The standard InChI is InChI=1S/C16H15Cl2NO4S/c17-12-6-5-11(14(18)7-12)10-24(20,21)19-8-13-9-22-15-3-1-2-4-16(15)23-13/h1-7,13,19H,8-10H2. The van der Waals surface area contributed by atoms with E-state index in [9.17, 15) is 8.42 Å². The third kappa shape index (κ3) is 4.33. The molecule has 0 saturated carbocycles. The van der Waals surface area contributed by atoms with Crippen LogP contribution in [-0.2, 0) is 15.8 Å². The van der Waals surface area contributed by atoms with Crippen LogP contribution in [-0.4, -0.2) is 27.7 Å². The van der Waals surface area contributed by atoms with Gasteiger partial charge in [-0.1, -0.05) is 41.4 Å². The SMILES string of the molecule is O=S(=O)(Cc1ccc(Cl)cc1Cl)NCC1COc2ccccc2O1. The highest BCUT2D eigenvalue weighted by Crippen LogP contribution is 2.30. The summed E-state index contributed by atoms with van der Waals surface area (Å²) in [5, 5.41) is 0.777. The fourth-order valence-corrected chi connectivity index (χ4v) is 4.04. The molecule has 0 radical (unpaired) electrons. The van der Waals surface area contributed by atoms with Gasteiger partial charge in [0.2, 0.25) is 10.0 Å². The average molecular weight is 388 g/mol. The van der Waals surface area contributed by atoms with E-state index in [1.54, 1.807) is 24.3 Å². The summed E-state index contributed by atoms with van der Waals surface area (Å²) in [6.45, 7) is 0.392. The Kier molecular flexibility index (Phi) is 5.20. The van der Waals surface area contributed by atoms with Crippen molar-refractivity contribution in [2.45, 2.75) is 11.9 Å². The number of nitrogens with one attached hydrogen (secondary N) is 1. The lowest BCUT2D eigenvalue weighted by Gasteiger charge is -2.26. The summed E-state index contributed by atoms with van der Waals surface area (Å²) in [4.78, 5) is 0. The van der Waals surface area contributed by atoms with E-state index in [-0.39, 0.29) is 18.9 Å². The molecule has 0 aliphatic carbocycles. The third-order valence-corrected chi connectivity index (χ3v) is 5.34. The van der Waals surface area contributed by atoms with E-state index in [0.717, 1.165) is 0 Å². The lowest BCUT2D eigenvalue weighted by atomic mass is 10.2. The van der Waals surface area contributed by atoms with Crippen LogP contribution in [0.5, 0.6) is 11.5 Å². The zero-order valence-electron chi connectivity index (χ0n) is 12.5. The highest BCUT2D eigenvalue weighted by molar-refractivity contribution is 7.88. The number of benzene rings is 2. The van der Waals surface area contributed by atoms with Crippen molar-refractivity contribution in [3.63, 3.8) is 0 Å². The van der Waals surface area contributed by atoms with Crippen LogP contribution in [0.2, 0.25) is 10.0 Å². The Morgan fingerprint density at radius 3 is 2.62 bits per heavy atom. The van der Waals surface area contributed by atoms with Crippen LogP contribution in [0, 0.1) is 0 Å². The molecule has 5 nitrogen and oxygen atoms in total. The molecule has 1 aliphatic heterocycles. The van der Waals surface area contributed by atoms with Crippen molar-refractivity contribution in [3.05, 3.63) is 58.1 Å². The first kappa shape index (κ1) is 17.4. The molecule has 3 rings (SSSR count). The Morgan fingerprint density at radius 1 is 1.12 bits per heavy atom. The van der Waals surface area contributed by atoms with Crippen LogP contribution in [0.1, 0.15) is 5.56 Å². The Morgan fingerprint density at radius 2 is 1.88 bits per heavy atom. The van der Waals surface area contributed by atoms with E-state index in [0.29, 0.717) is 27.1 Å². The Bertz CT molecular complexity index is 842. The summed E-state index contributed by atoms with van der Waals surface area (Å²) < 4.78 is 38.3. The summed E-state index contributed by atoms with van der Waals surface area (Å²) in [5.41, 5.74) is 0.486. The molecule has 2 aromatic rings. The van der Waals surface area contributed by atoms with Crippen LogP contribution >= 0.6 is 23.2 Å². The topological polar surface area (TPSA) is 64.6 Å². The minimum Gasteiger partial charge on any atom is -0.486 e. The average Bonchev–Trinajstić information content (AvgIpc) is 2.55. The van der Waals surface area contributed by atoms with Crippen LogP contribution in [0.4, 0.5) is 0 Å². The molecule has 1 unspecified atom stereocenters. The number of para-hydroxylation sites is 2. The molecule has 1 N–H and O–H groups in total. The van der Waals surface area contributed by atoms with Gasteiger partial charge >= 0.3 is 0 Å². The molecule has 0 saturated heterocycles. The van der Waals surface area contributed by atoms with E-state index in [1.807, 2.05) is 12.1 Å². The molecule has 0 amide bonds. The quantitative estimate of drug-likeness (QED) is 0.854. The first-order valence-electron chi connectivity index (χ1n) is 7.23. The second kappa shape index (κ2) is 7.19. The minimum absolute atomic E-state index is 0.113. The van der Waals surface area contributed by atoms with E-state index in [4.69, 9.17) is 32.7 Å². The maximum absolute atomic E-state index is 12.2. The summed E-state index contributed by atoms with van der Waals surface area (Å²) >= 11 is 11.8. The van der Waals surface area contributed by atoms with E-state index in [2.05, 4.69) is 4.72 Å².